The molecule has 7 heteroatoms. The number of carboxylic acids is 1. The van der Waals surface area contributed by atoms with E-state index in [0.717, 1.165) is 5.56 Å². The summed E-state index contributed by atoms with van der Waals surface area (Å²) in [6, 6.07) is 3.26. The van der Waals surface area contributed by atoms with Crippen LogP contribution >= 0.6 is 22.9 Å². The summed E-state index contributed by atoms with van der Waals surface area (Å²) < 4.78 is 1.59. The molecule has 0 bridgehead atoms. The molecular formula is C11H6ClN3O2S. The maximum absolute atomic E-state index is 11.0. The highest BCUT2D eigenvalue weighted by Crippen LogP contribution is 2.25. The number of carboxylic acid groups (broad SMARTS) is 1. The Labute approximate surface area is 110 Å². The van der Waals surface area contributed by atoms with E-state index in [0.29, 0.717) is 11.5 Å². The Bertz CT molecular complexity index is 736. The third-order valence-electron chi connectivity index (χ3n) is 2.49. The van der Waals surface area contributed by atoms with Crippen LogP contribution in [0.15, 0.2) is 29.1 Å². The molecule has 0 saturated heterocycles. The molecule has 90 valence electrons. The van der Waals surface area contributed by atoms with E-state index >= 15 is 0 Å². The Kier molecular flexibility index (Phi) is 2.53. The lowest BCUT2D eigenvalue weighted by atomic mass is 10.2. The van der Waals surface area contributed by atoms with Crippen molar-refractivity contribution < 1.29 is 9.90 Å². The van der Waals surface area contributed by atoms with Gasteiger partial charge in [0.1, 0.15) is 0 Å². The lowest BCUT2D eigenvalue weighted by Crippen LogP contribution is -2.00. The second-order valence-electron chi connectivity index (χ2n) is 3.61. The van der Waals surface area contributed by atoms with E-state index in [2.05, 4.69) is 10.2 Å². The molecule has 0 aromatic carbocycles. The molecule has 3 heterocycles. The average Bonchev–Trinajstić information content (AvgIpc) is 2.96. The second-order valence-corrected chi connectivity index (χ2v) is 4.80. The maximum atomic E-state index is 11.0. The zero-order valence-corrected chi connectivity index (χ0v) is 10.4. The minimum absolute atomic E-state index is 0.101. The first-order valence-corrected chi connectivity index (χ1v) is 6.29. The Balaban J connectivity index is 2.32. The smallest absolute Gasteiger partial charge is 0.337 e. The topological polar surface area (TPSA) is 67.5 Å². The first-order valence-electron chi connectivity index (χ1n) is 4.97. The molecule has 0 amide bonds. The molecule has 3 aromatic rings. The number of fused-ring (bicyclic) bond motifs is 1. The Morgan fingerprint density at radius 2 is 2.28 bits per heavy atom. The molecule has 0 aliphatic heterocycles. The molecule has 5 nitrogen and oxygen atoms in total. The fraction of sp³-hybridized carbons (Fsp3) is 0. The van der Waals surface area contributed by atoms with E-state index in [9.17, 15) is 4.79 Å². The zero-order chi connectivity index (χ0) is 12.7. The van der Waals surface area contributed by atoms with Crippen molar-refractivity contribution in [1.29, 1.82) is 0 Å². The number of nitrogens with zero attached hydrogens (tertiary/aromatic N) is 3. The van der Waals surface area contributed by atoms with Gasteiger partial charge in [0.25, 0.3) is 0 Å². The molecule has 3 aromatic heterocycles. The van der Waals surface area contributed by atoms with Gasteiger partial charge in [0, 0.05) is 17.1 Å². The molecular weight excluding hydrogens is 274 g/mol. The quantitative estimate of drug-likeness (QED) is 0.783. The van der Waals surface area contributed by atoms with Gasteiger partial charge in [0.2, 0.25) is 0 Å². The molecule has 1 N–H and O–H groups in total. The van der Waals surface area contributed by atoms with Gasteiger partial charge >= 0.3 is 5.97 Å². The SMILES string of the molecule is O=C(O)c1cc(Cl)c2nnc(-c3ccsc3)n2c1. The summed E-state index contributed by atoms with van der Waals surface area (Å²) in [5, 5.41) is 21.1. The van der Waals surface area contributed by atoms with Gasteiger partial charge in [-0.25, -0.2) is 4.79 Å². The van der Waals surface area contributed by atoms with Crippen LogP contribution in [0.5, 0.6) is 0 Å². The van der Waals surface area contributed by atoms with E-state index in [-0.39, 0.29) is 10.6 Å². The van der Waals surface area contributed by atoms with Crippen LogP contribution < -0.4 is 0 Å². The molecule has 0 aliphatic rings. The van der Waals surface area contributed by atoms with E-state index in [1.807, 2.05) is 16.8 Å². The van der Waals surface area contributed by atoms with Crippen LogP contribution in [-0.4, -0.2) is 25.7 Å². The fourth-order valence-corrected chi connectivity index (χ4v) is 2.54. The van der Waals surface area contributed by atoms with Crippen LogP contribution in [0.2, 0.25) is 5.02 Å². The summed E-state index contributed by atoms with van der Waals surface area (Å²) in [5.41, 5.74) is 1.43. The minimum atomic E-state index is -1.04. The van der Waals surface area contributed by atoms with Gasteiger partial charge in [-0.1, -0.05) is 11.6 Å². The van der Waals surface area contributed by atoms with Crippen LogP contribution in [0.4, 0.5) is 0 Å². The number of rotatable bonds is 2. The van der Waals surface area contributed by atoms with Crippen molar-refractivity contribution in [2.45, 2.75) is 0 Å². The molecule has 0 unspecified atom stereocenters. The van der Waals surface area contributed by atoms with Crippen molar-refractivity contribution in [2.75, 3.05) is 0 Å². The first-order chi connectivity index (χ1) is 8.66. The van der Waals surface area contributed by atoms with Crippen molar-refractivity contribution in [2.24, 2.45) is 0 Å². The van der Waals surface area contributed by atoms with Gasteiger partial charge in [-0.05, 0) is 17.5 Å². The zero-order valence-electron chi connectivity index (χ0n) is 8.87. The van der Waals surface area contributed by atoms with Gasteiger partial charge < -0.3 is 5.11 Å². The van der Waals surface area contributed by atoms with Crippen molar-refractivity contribution in [3.63, 3.8) is 0 Å². The molecule has 3 rings (SSSR count). The predicted octanol–water partition coefficient (Wildman–Crippen LogP) is 2.81. The van der Waals surface area contributed by atoms with E-state index in [1.165, 1.54) is 23.6 Å². The summed E-state index contributed by atoms with van der Waals surface area (Å²) in [4.78, 5) is 11.0. The highest BCUT2D eigenvalue weighted by Gasteiger charge is 2.14. The Hall–Kier alpha value is -1.92. The minimum Gasteiger partial charge on any atom is -0.478 e. The second kappa shape index (κ2) is 4.08. The number of aromatic nitrogens is 3. The van der Waals surface area contributed by atoms with Crippen LogP contribution in [0, 0.1) is 0 Å². The summed E-state index contributed by atoms with van der Waals surface area (Å²) >= 11 is 7.53. The maximum Gasteiger partial charge on any atom is 0.337 e. The average molecular weight is 280 g/mol. The molecule has 0 aliphatic carbocycles. The van der Waals surface area contributed by atoms with Gasteiger partial charge in [-0.15, -0.1) is 10.2 Å². The molecule has 0 spiro atoms. The monoisotopic (exact) mass is 279 g/mol. The third kappa shape index (κ3) is 1.66. The highest BCUT2D eigenvalue weighted by molar-refractivity contribution is 7.08. The number of thiophene rings is 1. The van der Waals surface area contributed by atoms with Crippen LogP contribution in [-0.2, 0) is 0 Å². The number of halogens is 1. The molecule has 0 atom stereocenters. The van der Waals surface area contributed by atoms with Crippen LogP contribution in [0.3, 0.4) is 0 Å². The van der Waals surface area contributed by atoms with Crippen molar-refractivity contribution >= 4 is 34.6 Å². The van der Waals surface area contributed by atoms with Crippen molar-refractivity contribution in [1.82, 2.24) is 14.6 Å². The van der Waals surface area contributed by atoms with Gasteiger partial charge in [0.05, 0.1) is 10.6 Å². The Morgan fingerprint density at radius 1 is 1.44 bits per heavy atom. The molecule has 0 saturated carbocycles. The van der Waals surface area contributed by atoms with E-state index in [4.69, 9.17) is 16.7 Å². The van der Waals surface area contributed by atoms with Crippen molar-refractivity contribution in [3.05, 3.63) is 39.7 Å². The number of carbonyl (C=O) groups is 1. The van der Waals surface area contributed by atoms with E-state index in [1.54, 1.807) is 4.40 Å². The summed E-state index contributed by atoms with van der Waals surface area (Å²) in [7, 11) is 0. The number of pyridine rings is 1. The predicted molar refractivity (Wildman–Crippen MR) is 68.3 cm³/mol. The first kappa shape index (κ1) is 11.2. The normalized spacial score (nSPS) is 10.9. The standard InChI is InChI=1S/C11H6ClN3O2S/c12-8-3-7(11(16)17)4-15-9(13-14-10(8)15)6-1-2-18-5-6/h1-5H,(H,16,17). The lowest BCUT2D eigenvalue weighted by molar-refractivity contribution is 0.0696. The number of hydrogen-bond donors (Lipinski definition) is 1. The Morgan fingerprint density at radius 3 is 2.94 bits per heavy atom. The van der Waals surface area contributed by atoms with Crippen LogP contribution in [0.25, 0.3) is 17.0 Å². The van der Waals surface area contributed by atoms with Gasteiger partial charge in [-0.2, -0.15) is 11.3 Å². The van der Waals surface area contributed by atoms with Crippen LogP contribution in [0.1, 0.15) is 10.4 Å². The number of hydrogen-bond acceptors (Lipinski definition) is 4. The largest absolute Gasteiger partial charge is 0.478 e. The highest BCUT2D eigenvalue weighted by atomic mass is 35.5. The lowest BCUT2D eigenvalue weighted by Gasteiger charge is -2.01. The summed E-state index contributed by atoms with van der Waals surface area (Å²) in [6.45, 7) is 0. The molecule has 0 radical (unpaired) electrons. The van der Waals surface area contributed by atoms with E-state index < -0.39 is 5.97 Å². The molecule has 18 heavy (non-hydrogen) atoms. The number of aromatic carboxylic acids is 1. The van der Waals surface area contributed by atoms with Gasteiger partial charge in [-0.3, -0.25) is 4.40 Å². The fourth-order valence-electron chi connectivity index (χ4n) is 1.66. The van der Waals surface area contributed by atoms with Gasteiger partial charge in [0.15, 0.2) is 11.5 Å². The summed E-state index contributed by atoms with van der Waals surface area (Å²) in [5.74, 6) is -0.458. The summed E-state index contributed by atoms with van der Waals surface area (Å²) in [6.07, 6.45) is 1.47. The third-order valence-corrected chi connectivity index (χ3v) is 3.45. The molecule has 0 fully saturated rings. The van der Waals surface area contributed by atoms with Crippen molar-refractivity contribution in [3.8, 4) is 11.4 Å².